The van der Waals surface area contributed by atoms with E-state index in [1.54, 1.807) is 6.33 Å². The van der Waals surface area contributed by atoms with Crippen LogP contribution in [0.15, 0.2) is 6.33 Å². The third kappa shape index (κ3) is 4.87. The lowest BCUT2D eigenvalue weighted by atomic mass is 10.3. The zero-order valence-electron chi connectivity index (χ0n) is 11.6. The maximum atomic E-state index is 5.50. The van der Waals surface area contributed by atoms with Crippen LogP contribution in [0.25, 0.3) is 0 Å². The minimum atomic E-state index is 0.802. The van der Waals surface area contributed by atoms with Crippen LogP contribution in [0.1, 0.15) is 31.7 Å². The van der Waals surface area contributed by atoms with Gasteiger partial charge in [-0.2, -0.15) is 0 Å². The molecule has 5 heteroatoms. The lowest BCUT2D eigenvalue weighted by Crippen LogP contribution is -2.10. The summed E-state index contributed by atoms with van der Waals surface area (Å²) in [6, 6.07) is 0. The van der Waals surface area contributed by atoms with Crippen LogP contribution < -0.4 is 10.6 Å². The first-order valence-corrected chi connectivity index (χ1v) is 6.60. The van der Waals surface area contributed by atoms with Gasteiger partial charge in [0.25, 0.3) is 0 Å². The van der Waals surface area contributed by atoms with E-state index in [1.165, 1.54) is 6.42 Å². The summed E-state index contributed by atoms with van der Waals surface area (Å²) in [5.41, 5.74) is 1.05. The molecular weight excluding hydrogens is 228 g/mol. The molecule has 0 atom stereocenters. The largest absolute Gasteiger partial charge is 0.381 e. The molecule has 0 spiro atoms. The summed E-state index contributed by atoms with van der Waals surface area (Å²) >= 11 is 0. The van der Waals surface area contributed by atoms with Crippen molar-refractivity contribution < 1.29 is 4.74 Å². The van der Waals surface area contributed by atoms with Crippen LogP contribution in [0.2, 0.25) is 0 Å². The average Bonchev–Trinajstić information content (AvgIpc) is 2.39. The van der Waals surface area contributed by atoms with Gasteiger partial charge in [-0.05, 0) is 19.8 Å². The predicted molar refractivity (Wildman–Crippen MR) is 75.1 cm³/mol. The van der Waals surface area contributed by atoms with Crippen LogP contribution in [0.5, 0.6) is 0 Å². The molecular formula is C13H24N4O. The Morgan fingerprint density at radius 1 is 1.17 bits per heavy atom. The lowest BCUT2D eigenvalue weighted by molar-refractivity contribution is 0.131. The zero-order valence-corrected chi connectivity index (χ0v) is 11.6. The monoisotopic (exact) mass is 252 g/mol. The summed E-state index contributed by atoms with van der Waals surface area (Å²) in [4.78, 5) is 8.38. The molecule has 0 fully saturated rings. The van der Waals surface area contributed by atoms with E-state index in [0.29, 0.717) is 0 Å². The highest BCUT2D eigenvalue weighted by Gasteiger charge is 2.04. The quantitative estimate of drug-likeness (QED) is 0.661. The molecule has 102 valence electrons. The summed E-state index contributed by atoms with van der Waals surface area (Å²) < 4.78 is 5.50. The van der Waals surface area contributed by atoms with Crippen molar-refractivity contribution in [2.75, 3.05) is 37.4 Å². The molecule has 0 saturated heterocycles. The zero-order chi connectivity index (χ0) is 13.2. The van der Waals surface area contributed by atoms with Crippen molar-refractivity contribution in [1.82, 2.24) is 9.97 Å². The highest BCUT2D eigenvalue weighted by molar-refractivity contribution is 5.55. The van der Waals surface area contributed by atoms with Crippen molar-refractivity contribution in [2.24, 2.45) is 0 Å². The second-order valence-corrected chi connectivity index (χ2v) is 4.19. The van der Waals surface area contributed by atoms with Crippen molar-refractivity contribution in [2.45, 2.75) is 33.1 Å². The summed E-state index contributed by atoms with van der Waals surface area (Å²) in [5, 5.41) is 6.35. The minimum Gasteiger partial charge on any atom is -0.381 e. The average molecular weight is 252 g/mol. The Morgan fingerprint density at radius 2 is 1.89 bits per heavy atom. The van der Waals surface area contributed by atoms with Gasteiger partial charge < -0.3 is 15.4 Å². The summed E-state index contributed by atoms with van der Waals surface area (Å²) in [5.74, 6) is 1.76. The predicted octanol–water partition coefficient (Wildman–Crippen LogP) is 2.45. The maximum absolute atomic E-state index is 5.50. The Hall–Kier alpha value is -1.36. The molecule has 0 aliphatic rings. The van der Waals surface area contributed by atoms with Crippen LogP contribution in [0.3, 0.4) is 0 Å². The van der Waals surface area contributed by atoms with Crippen LogP contribution in [0.4, 0.5) is 11.6 Å². The Bertz CT molecular complexity index is 344. The molecule has 0 aliphatic heterocycles. The van der Waals surface area contributed by atoms with Crippen molar-refractivity contribution >= 4 is 11.6 Å². The van der Waals surface area contributed by atoms with E-state index < -0.39 is 0 Å². The van der Waals surface area contributed by atoms with Gasteiger partial charge in [0.15, 0.2) is 0 Å². The number of nitrogens with zero attached hydrogens (tertiary/aromatic N) is 2. The van der Waals surface area contributed by atoms with Crippen molar-refractivity contribution in [1.29, 1.82) is 0 Å². The van der Waals surface area contributed by atoms with Crippen LogP contribution in [0, 0.1) is 6.92 Å². The molecule has 0 amide bonds. The second kappa shape index (κ2) is 8.69. The Kier molecular flexibility index (Phi) is 7.10. The van der Waals surface area contributed by atoms with E-state index in [2.05, 4.69) is 27.5 Å². The number of unbranched alkanes of at least 4 members (excludes halogenated alkanes) is 1. The van der Waals surface area contributed by atoms with Crippen LogP contribution >= 0.6 is 0 Å². The number of rotatable bonds is 9. The minimum absolute atomic E-state index is 0.802. The van der Waals surface area contributed by atoms with Gasteiger partial charge in [-0.3, -0.25) is 0 Å². The summed E-state index contributed by atoms with van der Waals surface area (Å²) in [7, 11) is 1.86. The third-order valence-corrected chi connectivity index (χ3v) is 2.72. The first-order chi connectivity index (χ1) is 8.79. The molecule has 0 aliphatic carbocycles. The molecule has 5 nitrogen and oxygen atoms in total. The number of hydrogen-bond acceptors (Lipinski definition) is 5. The van der Waals surface area contributed by atoms with E-state index in [9.17, 15) is 0 Å². The highest BCUT2D eigenvalue weighted by atomic mass is 16.5. The van der Waals surface area contributed by atoms with E-state index in [1.807, 2.05) is 14.0 Å². The number of anilines is 2. The Balaban J connectivity index is 2.23. The maximum Gasteiger partial charge on any atom is 0.134 e. The van der Waals surface area contributed by atoms with Gasteiger partial charge in [0.2, 0.25) is 0 Å². The molecule has 1 aromatic heterocycles. The molecule has 1 heterocycles. The molecule has 0 saturated carbocycles. The third-order valence-electron chi connectivity index (χ3n) is 2.72. The van der Waals surface area contributed by atoms with Crippen molar-refractivity contribution in [3.05, 3.63) is 11.9 Å². The van der Waals surface area contributed by atoms with Gasteiger partial charge in [-0.25, -0.2) is 9.97 Å². The second-order valence-electron chi connectivity index (χ2n) is 4.19. The Morgan fingerprint density at radius 3 is 2.61 bits per heavy atom. The number of aromatic nitrogens is 2. The first-order valence-electron chi connectivity index (χ1n) is 6.60. The van der Waals surface area contributed by atoms with Gasteiger partial charge in [-0.1, -0.05) is 13.3 Å². The van der Waals surface area contributed by atoms with Gasteiger partial charge in [-0.15, -0.1) is 0 Å². The van der Waals surface area contributed by atoms with Gasteiger partial charge in [0.05, 0.1) is 0 Å². The fourth-order valence-electron chi connectivity index (χ4n) is 1.61. The van der Waals surface area contributed by atoms with E-state index in [0.717, 1.165) is 49.8 Å². The highest BCUT2D eigenvalue weighted by Crippen LogP contribution is 2.17. The Labute approximate surface area is 109 Å². The van der Waals surface area contributed by atoms with Gasteiger partial charge in [0.1, 0.15) is 18.0 Å². The van der Waals surface area contributed by atoms with Crippen molar-refractivity contribution in [3.8, 4) is 0 Å². The van der Waals surface area contributed by atoms with Crippen molar-refractivity contribution in [3.63, 3.8) is 0 Å². The standard InChI is InChI=1S/C13H24N4O/c1-4-5-8-18-9-6-7-15-13-11(2)12(14-3)16-10-17-13/h10H,4-9H2,1-3H3,(H2,14,15,16,17). The van der Waals surface area contributed by atoms with Crippen LogP contribution in [-0.4, -0.2) is 36.8 Å². The fourth-order valence-corrected chi connectivity index (χ4v) is 1.61. The van der Waals surface area contributed by atoms with Crippen LogP contribution in [-0.2, 0) is 4.74 Å². The SMILES string of the molecule is CCCCOCCCNc1ncnc(NC)c1C. The molecule has 18 heavy (non-hydrogen) atoms. The smallest absolute Gasteiger partial charge is 0.134 e. The molecule has 0 aromatic carbocycles. The van der Waals surface area contributed by atoms with E-state index in [-0.39, 0.29) is 0 Å². The van der Waals surface area contributed by atoms with E-state index >= 15 is 0 Å². The summed E-state index contributed by atoms with van der Waals surface area (Å²) in [6.07, 6.45) is 4.89. The number of hydrogen-bond donors (Lipinski definition) is 2. The molecule has 2 N–H and O–H groups in total. The fraction of sp³-hybridized carbons (Fsp3) is 0.692. The normalized spacial score (nSPS) is 10.4. The van der Waals surface area contributed by atoms with Gasteiger partial charge in [0, 0.05) is 32.4 Å². The first kappa shape index (κ1) is 14.7. The molecule has 0 unspecified atom stereocenters. The molecule has 1 rings (SSSR count). The van der Waals surface area contributed by atoms with Gasteiger partial charge >= 0.3 is 0 Å². The van der Waals surface area contributed by atoms with E-state index in [4.69, 9.17) is 4.74 Å². The lowest BCUT2D eigenvalue weighted by Gasteiger charge is -2.10. The molecule has 0 bridgehead atoms. The number of nitrogens with one attached hydrogen (secondary N) is 2. The topological polar surface area (TPSA) is 59.1 Å². The summed E-state index contributed by atoms with van der Waals surface area (Å²) in [6.45, 7) is 6.71. The molecule has 1 aromatic rings. The number of ether oxygens (including phenoxy) is 1. The molecule has 0 radical (unpaired) electrons.